The molecule has 40 heavy (non-hydrogen) atoms. The maximum atomic E-state index is 13.1. The van der Waals surface area contributed by atoms with Crippen molar-refractivity contribution in [3.05, 3.63) is 108 Å². The van der Waals surface area contributed by atoms with Crippen LogP contribution in [0.25, 0.3) is 0 Å². The summed E-state index contributed by atoms with van der Waals surface area (Å²) in [5, 5.41) is 11.3. The van der Waals surface area contributed by atoms with Gasteiger partial charge in [-0.15, -0.1) is 0 Å². The molecule has 1 N–H and O–H groups in total. The van der Waals surface area contributed by atoms with Crippen molar-refractivity contribution in [2.24, 2.45) is 0 Å². The zero-order chi connectivity index (χ0) is 28.7. The molecule has 0 aliphatic carbocycles. The summed E-state index contributed by atoms with van der Waals surface area (Å²) < 4.78 is 29.0. The van der Waals surface area contributed by atoms with Gasteiger partial charge in [-0.1, -0.05) is 54.6 Å². The smallest absolute Gasteiger partial charge is 0.338 e. The fraction of sp³-hybridized carbons (Fsp3) is 0.323. The molecule has 1 aliphatic heterocycles. The molecule has 3 aromatic rings. The molecule has 0 aromatic heterocycles. The highest BCUT2D eigenvalue weighted by atomic mass is 16.7. The van der Waals surface area contributed by atoms with Crippen LogP contribution in [-0.2, 0) is 23.7 Å². The first-order valence-corrected chi connectivity index (χ1v) is 12.9. The highest BCUT2D eigenvalue weighted by Gasteiger charge is 2.52. The molecule has 0 unspecified atom stereocenters. The lowest BCUT2D eigenvalue weighted by atomic mass is 9.98. The van der Waals surface area contributed by atoms with Crippen molar-refractivity contribution >= 4 is 17.9 Å². The minimum atomic E-state index is -1.54. The van der Waals surface area contributed by atoms with Crippen LogP contribution in [0.5, 0.6) is 0 Å². The molecule has 0 radical (unpaired) electrons. The van der Waals surface area contributed by atoms with Crippen molar-refractivity contribution in [3.63, 3.8) is 0 Å². The lowest BCUT2D eigenvalue weighted by molar-refractivity contribution is -0.318. The van der Waals surface area contributed by atoms with E-state index in [2.05, 4.69) is 0 Å². The van der Waals surface area contributed by atoms with Gasteiger partial charge < -0.3 is 28.8 Å². The van der Waals surface area contributed by atoms with Gasteiger partial charge in [0.05, 0.1) is 22.3 Å². The zero-order valence-electron chi connectivity index (χ0n) is 22.5. The minimum absolute atomic E-state index is 0.231. The van der Waals surface area contributed by atoms with Crippen LogP contribution in [-0.4, -0.2) is 65.9 Å². The third kappa shape index (κ3) is 7.53. The van der Waals surface area contributed by atoms with Gasteiger partial charge >= 0.3 is 17.9 Å². The summed E-state index contributed by atoms with van der Waals surface area (Å²) >= 11 is 0. The van der Waals surface area contributed by atoms with E-state index in [1.165, 1.54) is 0 Å². The number of carbonyl (C=O) groups is 3. The number of hydrogen-bond donors (Lipinski definition) is 1. The van der Waals surface area contributed by atoms with Crippen molar-refractivity contribution in [1.29, 1.82) is 0 Å². The van der Waals surface area contributed by atoms with Crippen LogP contribution in [0.15, 0.2) is 91.0 Å². The first-order chi connectivity index (χ1) is 19.1. The second-order valence-corrected chi connectivity index (χ2v) is 10.2. The summed E-state index contributed by atoms with van der Waals surface area (Å²) in [5.41, 5.74) is 0.00844. The van der Waals surface area contributed by atoms with Gasteiger partial charge in [0.25, 0.3) is 0 Å². The molecule has 0 bridgehead atoms. The molecular weight excluding hydrogens is 516 g/mol. The van der Waals surface area contributed by atoms with Crippen molar-refractivity contribution in [2.75, 3.05) is 6.61 Å². The number of benzene rings is 3. The molecule has 1 heterocycles. The fourth-order valence-corrected chi connectivity index (χ4v) is 4.08. The van der Waals surface area contributed by atoms with Gasteiger partial charge in [0.1, 0.15) is 18.8 Å². The summed E-state index contributed by atoms with van der Waals surface area (Å²) in [7, 11) is 0. The summed E-state index contributed by atoms with van der Waals surface area (Å²) in [6.07, 6.45) is -6.74. The van der Waals surface area contributed by atoms with E-state index in [-0.39, 0.29) is 17.7 Å². The largest absolute Gasteiger partial charge is 0.459 e. The normalized spacial score (nSPS) is 22.6. The van der Waals surface area contributed by atoms with E-state index in [1.54, 1.807) is 112 Å². The lowest BCUT2D eigenvalue weighted by Gasteiger charge is -2.44. The fourth-order valence-electron chi connectivity index (χ4n) is 4.08. The molecule has 3 aromatic carbocycles. The summed E-state index contributed by atoms with van der Waals surface area (Å²) in [4.78, 5) is 38.7. The standard InChI is InChI=1S/C31H32O9/c1-31(2,3)40-30-26(39-29(35)22-17-11-6-12-18-22)25(38-28(34)21-15-9-5-10-16-21)24(32)23(37-30)19-36-27(33)20-13-7-4-8-14-20/h4-18,23-26,30,32H,19H2,1-3H3/t23-,24+,25+,26-,30-/m1/s1. The quantitative estimate of drug-likeness (QED) is 0.326. The van der Waals surface area contributed by atoms with E-state index < -0.39 is 54.2 Å². The van der Waals surface area contributed by atoms with Crippen LogP contribution >= 0.6 is 0 Å². The Morgan fingerprint density at radius 3 is 1.57 bits per heavy atom. The number of hydrogen-bond acceptors (Lipinski definition) is 9. The van der Waals surface area contributed by atoms with Crippen LogP contribution in [0.2, 0.25) is 0 Å². The number of ether oxygens (including phenoxy) is 5. The molecule has 0 spiro atoms. The third-order valence-electron chi connectivity index (χ3n) is 5.98. The Morgan fingerprint density at radius 2 is 1.12 bits per heavy atom. The Hall–Kier alpha value is -4.05. The predicted molar refractivity (Wildman–Crippen MR) is 144 cm³/mol. The van der Waals surface area contributed by atoms with Crippen LogP contribution in [0.4, 0.5) is 0 Å². The highest BCUT2D eigenvalue weighted by molar-refractivity contribution is 5.90. The van der Waals surface area contributed by atoms with Gasteiger partial charge in [-0.2, -0.15) is 0 Å². The molecule has 4 rings (SSSR count). The van der Waals surface area contributed by atoms with Gasteiger partial charge in [-0.25, -0.2) is 14.4 Å². The van der Waals surface area contributed by atoms with Gasteiger partial charge in [0.2, 0.25) is 0 Å². The van der Waals surface area contributed by atoms with E-state index in [9.17, 15) is 19.5 Å². The first-order valence-electron chi connectivity index (χ1n) is 12.9. The highest BCUT2D eigenvalue weighted by Crippen LogP contribution is 2.31. The molecule has 5 atom stereocenters. The van der Waals surface area contributed by atoms with Crippen molar-refractivity contribution in [3.8, 4) is 0 Å². The molecule has 1 saturated heterocycles. The van der Waals surface area contributed by atoms with Crippen LogP contribution < -0.4 is 0 Å². The third-order valence-corrected chi connectivity index (χ3v) is 5.98. The lowest BCUT2D eigenvalue weighted by Crippen LogP contribution is -2.62. The van der Waals surface area contributed by atoms with Crippen LogP contribution in [0, 0.1) is 0 Å². The molecule has 9 nitrogen and oxygen atoms in total. The Labute approximate surface area is 232 Å². The summed E-state index contributed by atoms with van der Waals surface area (Å²) in [5.74, 6) is -2.10. The zero-order valence-corrected chi connectivity index (χ0v) is 22.5. The van der Waals surface area contributed by atoms with Crippen LogP contribution in [0.3, 0.4) is 0 Å². The second-order valence-electron chi connectivity index (χ2n) is 10.2. The number of rotatable bonds is 8. The Balaban J connectivity index is 1.62. The number of aliphatic hydroxyl groups is 1. The molecular formula is C31H32O9. The number of aliphatic hydroxyl groups excluding tert-OH is 1. The second kappa shape index (κ2) is 12.9. The monoisotopic (exact) mass is 548 g/mol. The first kappa shape index (κ1) is 28.9. The molecule has 210 valence electrons. The van der Waals surface area contributed by atoms with E-state index >= 15 is 0 Å². The predicted octanol–water partition coefficient (Wildman–Crippen LogP) is 4.20. The summed E-state index contributed by atoms with van der Waals surface area (Å²) in [6.45, 7) is 4.93. The average Bonchev–Trinajstić information content (AvgIpc) is 2.95. The van der Waals surface area contributed by atoms with E-state index in [0.29, 0.717) is 5.56 Å². The van der Waals surface area contributed by atoms with Crippen molar-refractivity contribution < 1.29 is 43.2 Å². The van der Waals surface area contributed by atoms with E-state index in [1.807, 2.05) is 0 Å². The number of carbonyl (C=O) groups excluding carboxylic acids is 3. The molecule has 0 saturated carbocycles. The SMILES string of the molecule is CC(C)(C)O[C@H]1O[C@H](COC(=O)c2ccccc2)[C@H](O)[C@H](OC(=O)c2ccccc2)[C@H]1OC(=O)c1ccccc1. The van der Waals surface area contributed by atoms with Gasteiger partial charge in [0.15, 0.2) is 18.5 Å². The minimum Gasteiger partial charge on any atom is -0.459 e. The summed E-state index contributed by atoms with van der Waals surface area (Å²) in [6, 6.07) is 24.8. The Bertz CT molecular complexity index is 1270. The van der Waals surface area contributed by atoms with Gasteiger partial charge in [-0.3, -0.25) is 0 Å². The molecule has 1 aliphatic rings. The van der Waals surface area contributed by atoms with Crippen molar-refractivity contribution in [1.82, 2.24) is 0 Å². The molecule has 9 heteroatoms. The maximum absolute atomic E-state index is 13.1. The maximum Gasteiger partial charge on any atom is 0.338 e. The number of esters is 3. The average molecular weight is 549 g/mol. The molecule has 1 fully saturated rings. The van der Waals surface area contributed by atoms with E-state index in [4.69, 9.17) is 23.7 Å². The topological polar surface area (TPSA) is 118 Å². The Kier molecular flexibility index (Phi) is 9.31. The van der Waals surface area contributed by atoms with Gasteiger partial charge in [0, 0.05) is 0 Å². The van der Waals surface area contributed by atoms with E-state index in [0.717, 1.165) is 0 Å². The van der Waals surface area contributed by atoms with Gasteiger partial charge in [-0.05, 0) is 57.2 Å². The Morgan fingerprint density at radius 1 is 0.700 bits per heavy atom. The van der Waals surface area contributed by atoms with Crippen LogP contribution in [0.1, 0.15) is 51.8 Å². The molecule has 0 amide bonds. The van der Waals surface area contributed by atoms with Crippen molar-refractivity contribution in [2.45, 2.75) is 57.1 Å².